The number of benzene rings is 1. The fourth-order valence-electron chi connectivity index (χ4n) is 1.53. The van der Waals surface area contributed by atoms with Crippen LogP contribution in [0.2, 0.25) is 0 Å². The minimum absolute atomic E-state index is 0.326. The van der Waals surface area contributed by atoms with Gasteiger partial charge in [0.1, 0.15) is 11.6 Å². The molecule has 2 amide bonds. The molecular formula is C13H12BrFN2O2. The molecule has 0 saturated carbocycles. The lowest BCUT2D eigenvalue weighted by molar-refractivity contribution is 0.216. The summed E-state index contributed by atoms with van der Waals surface area (Å²) in [4.78, 5) is 13.3. The number of urea groups is 1. The maximum Gasteiger partial charge on any atom is 0.321 e. The fourth-order valence-corrected chi connectivity index (χ4v) is 1.87. The van der Waals surface area contributed by atoms with Gasteiger partial charge in [-0.1, -0.05) is 6.07 Å². The molecule has 0 aliphatic rings. The van der Waals surface area contributed by atoms with Crippen molar-refractivity contribution in [3.8, 4) is 0 Å². The molecular weight excluding hydrogens is 315 g/mol. The molecule has 1 aromatic heterocycles. The van der Waals surface area contributed by atoms with Crippen LogP contribution in [0.1, 0.15) is 5.76 Å². The first-order valence-electron chi connectivity index (χ1n) is 5.56. The third-order valence-corrected chi connectivity index (χ3v) is 2.87. The monoisotopic (exact) mass is 326 g/mol. The highest BCUT2D eigenvalue weighted by Crippen LogP contribution is 2.16. The molecule has 0 aliphatic heterocycles. The van der Waals surface area contributed by atoms with E-state index >= 15 is 0 Å². The van der Waals surface area contributed by atoms with E-state index in [-0.39, 0.29) is 6.03 Å². The SMILES string of the molecule is CN(Cc1ccc(Br)o1)C(=O)Nc1cccc(F)c1. The predicted octanol–water partition coefficient (Wildman–Crippen LogP) is 3.85. The van der Waals surface area contributed by atoms with Gasteiger partial charge in [-0.25, -0.2) is 9.18 Å². The van der Waals surface area contributed by atoms with E-state index in [0.717, 1.165) is 0 Å². The van der Waals surface area contributed by atoms with Crippen LogP contribution in [0.15, 0.2) is 45.5 Å². The molecule has 6 heteroatoms. The van der Waals surface area contributed by atoms with Crippen molar-refractivity contribution in [3.05, 3.63) is 52.6 Å². The number of halogens is 2. The first-order valence-corrected chi connectivity index (χ1v) is 6.36. The average Bonchev–Trinajstić information content (AvgIpc) is 2.74. The van der Waals surface area contributed by atoms with Crippen LogP contribution in [0.3, 0.4) is 0 Å². The van der Waals surface area contributed by atoms with Gasteiger partial charge in [0, 0.05) is 12.7 Å². The van der Waals surface area contributed by atoms with Crippen LogP contribution in [0.25, 0.3) is 0 Å². The maximum atomic E-state index is 13.0. The van der Waals surface area contributed by atoms with E-state index in [1.54, 1.807) is 25.2 Å². The molecule has 0 bridgehead atoms. The summed E-state index contributed by atoms with van der Waals surface area (Å²) in [6.45, 7) is 0.326. The molecule has 1 N–H and O–H groups in total. The van der Waals surface area contributed by atoms with Crippen molar-refractivity contribution in [2.45, 2.75) is 6.54 Å². The van der Waals surface area contributed by atoms with Crippen molar-refractivity contribution in [3.63, 3.8) is 0 Å². The number of anilines is 1. The molecule has 0 atom stereocenters. The molecule has 0 spiro atoms. The summed E-state index contributed by atoms with van der Waals surface area (Å²) >= 11 is 3.19. The van der Waals surface area contributed by atoms with Gasteiger partial charge >= 0.3 is 6.03 Å². The molecule has 19 heavy (non-hydrogen) atoms. The van der Waals surface area contributed by atoms with Crippen LogP contribution >= 0.6 is 15.9 Å². The van der Waals surface area contributed by atoms with Crippen LogP contribution in [-0.4, -0.2) is 18.0 Å². The van der Waals surface area contributed by atoms with Crippen LogP contribution in [-0.2, 0) is 6.54 Å². The maximum absolute atomic E-state index is 13.0. The Morgan fingerprint density at radius 1 is 1.42 bits per heavy atom. The zero-order valence-corrected chi connectivity index (χ0v) is 11.8. The number of hydrogen-bond acceptors (Lipinski definition) is 2. The minimum Gasteiger partial charge on any atom is -0.452 e. The summed E-state index contributed by atoms with van der Waals surface area (Å²) in [5, 5.41) is 2.60. The minimum atomic E-state index is -0.393. The third kappa shape index (κ3) is 3.82. The van der Waals surface area contributed by atoms with E-state index < -0.39 is 5.82 Å². The van der Waals surface area contributed by atoms with E-state index in [1.165, 1.54) is 23.1 Å². The van der Waals surface area contributed by atoms with Crippen LogP contribution in [0, 0.1) is 5.82 Å². The number of carbonyl (C=O) groups excluding carboxylic acids is 1. The van der Waals surface area contributed by atoms with E-state index in [9.17, 15) is 9.18 Å². The first-order chi connectivity index (χ1) is 9.04. The Balaban J connectivity index is 1.96. The molecule has 0 unspecified atom stereocenters. The Kier molecular flexibility index (Phi) is 4.21. The largest absolute Gasteiger partial charge is 0.452 e. The van der Waals surface area contributed by atoms with Crippen molar-refractivity contribution < 1.29 is 13.6 Å². The van der Waals surface area contributed by atoms with Gasteiger partial charge in [-0.3, -0.25) is 0 Å². The number of nitrogens with zero attached hydrogens (tertiary/aromatic N) is 1. The standard InChI is InChI=1S/C13H12BrFN2O2/c1-17(8-11-5-6-12(14)19-11)13(18)16-10-4-2-3-9(15)7-10/h2-7H,8H2,1H3,(H,16,18). The lowest BCUT2D eigenvalue weighted by Crippen LogP contribution is -2.30. The first kappa shape index (κ1) is 13.6. The van der Waals surface area contributed by atoms with E-state index in [4.69, 9.17) is 4.42 Å². The molecule has 1 aromatic carbocycles. The molecule has 4 nitrogen and oxygen atoms in total. The van der Waals surface area contributed by atoms with Gasteiger partial charge in [0.25, 0.3) is 0 Å². The molecule has 2 aromatic rings. The van der Waals surface area contributed by atoms with Crippen LogP contribution in [0.4, 0.5) is 14.9 Å². The molecule has 2 rings (SSSR count). The number of furan rings is 1. The van der Waals surface area contributed by atoms with Crippen LogP contribution < -0.4 is 5.32 Å². The molecule has 1 heterocycles. The zero-order chi connectivity index (χ0) is 13.8. The Hall–Kier alpha value is -1.82. The van der Waals surface area contributed by atoms with Gasteiger partial charge in [-0.2, -0.15) is 0 Å². The summed E-state index contributed by atoms with van der Waals surface area (Å²) in [7, 11) is 1.63. The van der Waals surface area contributed by atoms with Crippen molar-refractivity contribution >= 4 is 27.6 Å². The quantitative estimate of drug-likeness (QED) is 0.931. The van der Waals surface area contributed by atoms with Gasteiger partial charge in [0.15, 0.2) is 4.67 Å². The number of carbonyl (C=O) groups is 1. The molecule has 0 fully saturated rings. The average molecular weight is 327 g/mol. The summed E-state index contributed by atoms with van der Waals surface area (Å²) in [6.07, 6.45) is 0. The Morgan fingerprint density at radius 2 is 2.21 bits per heavy atom. The summed E-state index contributed by atoms with van der Waals surface area (Å²) in [6, 6.07) is 8.93. The molecule has 0 saturated heterocycles. The number of amides is 2. The highest BCUT2D eigenvalue weighted by atomic mass is 79.9. The van der Waals surface area contributed by atoms with Crippen molar-refractivity contribution in [1.82, 2.24) is 4.90 Å². The highest BCUT2D eigenvalue weighted by Gasteiger charge is 2.11. The van der Waals surface area contributed by atoms with Gasteiger partial charge in [0.05, 0.1) is 6.54 Å². The second-order valence-corrected chi connectivity index (χ2v) is 4.78. The van der Waals surface area contributed by atoms with Gasteiger partial charge in [-0.05, 0) is 46.3 Å². The normalized spacial score (nSPS) is 10.3. The Morgan fingerprint density at radius 3 is 2.84 bits per heavy atom. The lowest BCUT2D eigenvalue weighted by Gasteiger charge is -2.16. The number of nitrogens with one attached hydrogen (secondary N) is 1. The number of hydrogen-bond donors (Lipinski definition) is 1. The second kappa shape index (κ2) is 5.88. The zero-order valence-electron chi connectivity index (χ0n) is 10.2. The van der Waals surface area contributed by atoms with Crippen molar-refractivity contribution in [2.75, 3.05) is 12.4 Å². The fraction of sp³-hybridized carbons (Fsp3) is 0.154. The van der Waals surface area contributed by atoms with E-state index in [2.05, 4.69) is 21.2 Å². The lowest BCUT2D eigenvalue weighted by atomic mass is 10.3. The van der Waals surface area contributed by atoms with Gasteiger partial charge in [0.2, 0.25) is 0 Å². The summed E-state index contributed by atoms with van der Waals surface area (Å²) in [5.74, 6) is 0.263. The van der Waals surface area contributed by atoms with E-state index in [0.29, 0.717) is 22.7 Å². The predicted molar refractivity (Wildman–Crippen MR) is 73.3 cm³/mol. The molecule has 100 valence electrons. The third-order valence-electron chi connectivity index (χ3n) is 2.44. The molecule has 0 radical (unpaired) electrons. The smallest absolute Gasteiger partial charge is 0.321 e. The van der Waals surface area contributed by atoms with Crippen molar-refractivity contribution in [1.29, 1.82) is 0 Å². The van der Waals surface area contributed by atoms with Gasteiger partial charge in [-0.15, -0.1) is 0 Å². The summed E-state index contributed by atoms with van der Waals surface area (Å²) < 4.78 is 18.9. The van der Waals surface area contributed by atoms with Crippen LogP contribution in [0.5, 0.6) is 0 Å². The number of rotatable bonds is 3. The van der Waals surface area contributed by atoms with Crippen molar-refractivity contribution in [2.24, 2.45) is 0 Å². The Labute approximate surface area is 118 Å². The highest BCUT2D eigenvalue weighted by molar-refractivity contribution is 9.10. The van der Waals surface area contributed by atoms with E-state index in [1.807, 2.05) is 0 Å². The Bertz CT molecular complexity index is 586. The topological polar surface area (TPSA) is 45.5 Å². The molecule has 0 aliphatic carbocycles. The van der Waals surface area contributed by atoms with Gasteiger partial charge < -0.3 is 14.6 Å². The second-order valence-electron chi connectivity index (χ2n) is 4.00. The summed E-state index contributed by atoms with van der Waals surface area (Å²) in [5.41, 5.74) is 0.414.